The summed E-state index contributed by atoms with van der Waals surface area (Å²) >= 11 is 0. The Bertz CT molecular complexity index is 727. The van der Waals surface area contributed by atoms with Gasteiger partial charge in [-0.25, -0.2) is 0 Å². The fourth-order valence-corrected chi connectivity index (χ4v) is 4.73. The molecule has 2 aromatic rings. The van der Waals surface area contributed by atoms with Gasteiger partial charge in [-0.15, -0.1) is 0 Å². The second-order valence-corrected chi connectivity index (χ2v) is 8.27. The van der Waals surface area contributed by atoms with E-state index < -0.39 is 0 Å². The number of hydrogen-bond donors (Lipinski definition) is 0. The molecule has 0 amide bonds. The molecule has 1 saturated carbocycles. The number of hydrogen-bond acceptors (Lipinski definition) is 1. The van der Waals surface area contributed by atoms with E-state index >= 15 is 0 Å². The van der Waals surface area contributed by atoms with Gasteiger partial charge in [0, 0.05) is 0 Å². The van der Waals surface area contributed by atoms with E-state index in [0.717, 1.165) is 5.56 Å². The first-order valence-corrected chi connectivity index (χ1v) is 10.9. The van der Waals surface area contributed by atoms with Crippen LogP contribution < -0.4 is 0 Å². The van der Waals surface area contributed by atoms with Gasteiger partial charge in [-0.05, 0) is 53.5 Å². The van der Waals surface area contributed by atoms with Crippen molar-refractivity contribution < 1.29 is 0 Å². The summed E-state index contributed by atoms with van der Waals surface area (Å²) in [5, 5.41) is 8.98. The first-order valence-electron chi connectivity index (χ1n) is 10.9. The van der Waals surface area contributed by atoms with Crippen LogP contribution in [0.4, 0.5) is 0 Å². The number of unbranched alkanes of at least 4 members (excludes halogenated alkanes) is 4. The van der Waals surface area contributed by atoms with Crippen molar-refractivity contribution in [3.05, 3.63) is 59.7 Å². The highest BCUT2D eigenvalue weighted by atomic mass is 14.4. The van der Waals surface area contributed by atoms with E-state index in [-0.39, 0.29) is 0 Å². The molecule has 0 N–H and O–H groups in total. The van der Waals surface area contributed by atoms with Gasteiger partial charge in [0.05, 0.1) is 11.6 Å². The zero-order valence-corrected chi connectivity index (χ0v) is 16.8. The fraction of sp³-hybridized carbons (Fsp3) is 0.500. The van der Waals surface area contributed by atoms with Crippen LogP contribution in [0.5, 0.6) is 0 Å². The monoisotopic (exact) mass is 359 g/mol. The Labute approximate surface area is 165 Å². The molecule has 27 heavy (non-hydrogen) atoms. The van der Waals surface area contributed by atoms with Gasteiger partial charge in [0.25, 0.3) is 0 Å². The van der Waals surface area contributed by atoms with Crippen molar-refractivity contribution in [2.75, 3.05) is 0 Å². The third-order valence-corrected chi connectivity index (χ3v) is 6.41. The average molecular weight is 360 g/mol. The topological polar surface area (TPSA) is 23.8 Å². The minimum absolute atomic E-state index is 0.410. The van der Waals surface area contributed by atoms with Crippen molar-refractivity contribution in [2.45, 2.75) is 83.0 Å². The van der Waals surface area contributed by atoms with Crippen molar-refractivity contribution in [1.82, 2.24) is 0 Å². The smallest absolute Gasteiger partial charge is 0.0991 e. The zero-order chi connectivity index (χ0) is 19.0. The highest BCUT2D eigenvalue weighted by Crippen LogP contribution is 2.43. The van der Waals surface area contributed by atoms with Crippen LogP contribution in [0, 0.1) is 11.3 Å². The number of nitriles is 1. The summed E-state index contributed by atoms with van der Waals surface area (Å²) < 4.78 is 0. The highest BCUT2D eigenvalue weighted by molar-refractivity contribution is 5.64. The maximum absolute atomic E-state index is 8.98. The predicted octanol–water partition coefficient (Wildman–Crippen LogP) is 7.79. The molecule has 1 nitrogen and oxygen atoms in total. The van der Waals surface area contributed by atoms with E-state index in [1.54, 1.807) is 5.56 Å². The molecule has 0 aliphatic heterocycles. The van der Waals surface area contributed by atoms with E-state index in [9.17, 15) is 0 Å². The third-order valence-electron chi connectivity index (χ3n) is 6.41. The standard InChI is InChI=1S/C26H33N/c1-2-3-4-5-7-18-26(19-8-6-9-20-26)25-16-14-24(15-17-25)23-12-10-22(21-27)11-13-23/h10-17H,2-9,18-20H2,1H3. The summed E-state index contributed by atoms with van der Waals surface area (Å²) in [6, 6.07) is 19.4. The van der Waals surface area contributed by atoms with Crippen molar-refractivity contribution in [1.29, 1.82) is 5.26 Å². The van der Waals surface area contributed by atoms with E-state index in [4.69, 9.17) is 5.26 Å². The van der Waals surface area contributed by atoms with Crippen LogP contribution in [-0.4, -0.2) is 0 Å². The van der Waals surface area contributed by atoms with Crippen LogP contribution in [0.25, 0.3) is 11.1 Å². The molecule has 2 aromatic carbocycles. The maximum Gasteiger partial charge on any atom is 0.0991 e. The van der Waals surface area contributed by atoms with Crippen LogP contribution in [0.3, 0.4) is 0 Å². The minimum atomic E-state index is 0.410. The average Bonchev–Trinajstić information content (AvgIpc) is 2.74. The minimum Gasteiger partial charge on any atom is -0.192 e. The Morgan fingerprint density at radius 2 is 1.37 bits per heavy atom. The van der Waals surface area contributed by atoms with Crippen LogP contribution in [0.1, 0.15) is 88.7 Å². The van der Waals surface area contributed by atoms with Gasteiger partial charge in [0.2, 0.25) is 0 Å². The van der Waals surface area contributed by atoms with Gasteiger partial charge >= 0.3 is 0 Å². The molecule has 142 valence electrons. The van der Waals surface area contributed by atoms with Gasteiger partial charge < -0.3 is 0 Å². The lowest BCUT2D eigenvalue weighted by molar-refractivity contribution is 0.265. The molecule has 0 aromatic heterocycles. The molecule has 1 aliphatic rings. The quantitative estimate of drug-likeness (QED) is 0.441. The summed E-state index contributed by atoms with van der Waals surface area (Å²) in [6.45, 7) is 2.29. The van der Waals surface area contributed by atoms with Crippen LogP contribution in [0.15, 0.2) is 48.5 Å². The maximum atomic E-state index is 8.98. The number of benzene rings is 2. The van der Waals surface area contributed by atoms with Crippen molar-refractivity contribution >= 4 is 0 Å². The summed E-state index contributed by atoms with van der Waals surface area (Å²) in [7, 11) is 0. The fourth-order valence-electron chi connectivity index (χ4n) is 4.73. The van der Waals surface area contributed by atoms with Crippen LogP contribution in [0.2, 0.25) is 0 Å². The van der Waals surface area contributed by atoms with Gasteiger partial charge in [-0.1, -0.05) is 94.7 Å². The first-order chi connectivity index (χ1) is 13.3. The molecule has 0 saturated heterocycles. The second kappa shape index (κ2) is 9.75. The van der Waals surface area contributed by atoms with Gasteiger partial charge in [0.15, 0.2) is 0 Å². The molecule has 1 aliphatic carbocycles. The Hall–Kier alpha value is -2.07. The first kappa shape index (κ1) is 19.7. The normalized spacial score (nSPS) is 16.0. The lowest BCUT2D eigenvalue weighted by Gasteiger charge is -2.38. The molecule has 3 rings (SSSR count). The lowest BCUT2D eigenvalue weighted by atomic mass is 9.66. The third kappa shape index (κ3) is 5.01. The summed E-state index contributed by atoms with van der Waals surface area (Å²) in [5.41, 5.74) is 5.12. The van der Waals surface area contributed by atoms with Crippen molar-refractivity contribution in [3.63, 3.8) is 0 Å². The number of nitrogens with zero attached hydrogens (tertiary/aromatic N) is 1. The molecule has 0 radical (unpaired) electrons. The molecule has 0 bridgehead atoms. The van der Waals surface area contributed by atoms with E-state index in [1.165, 1.54) is 81.8 Å². The summed E-state index contributed by atoms with van der Waals surface area (Å²) in [6.07, 6.45) is 15.1. The molecule has 0 unspecified atom stereocenters. The van der Waals surface area contributed by atoms with Crippen molar-refractivity contribution in [2.24, 2.45) is 0 Å². The molecule has 1 fully saturated rings. The van der Waals surface area contributed by atoms with E-state index in [2.05, 4.69) is 49.4 Å². The summed E-state index contributed by atoms with van der Waals surface area (Å²) in [5.74, 6) is 0. The Kier molecular flexibility index (Phi) is 7.11. The Balaban J connectivity index is 1.73. The molecule has 0 atom stereocenters. The molecule has 0 spiro atoms. The van der Waals surface area contributed by atoms with Crippen LogP contribution in [-0.2, 0) is 5.41 Å². The van der Waals surface area contributed by atoms with E-state index in [1.807, 2.05) is 12.1 Å². The lowest BCUT2D eigenvalue weighted by Crippen LogP contribution is -2.29. The Morgan fingerprint density at radius 1 is 0.778 bits per heavy atom. The van der Waals surface area contributed by atoms with E-state index in [0.29, 0.717) is 5.41 Å². The Morgan fingerprint density at radius 3 is 1.96 bits per heavy atom. The highest BCUT2D eigenvalue weighted by Gasteiger charge is 2.33. The molecular formula is C26H33N. The summed E-state index contributed by atoms with van der Waals surface area (Å²) in [4.78, 5) is 0. The molecular weight excluding hydrogens is 326 g/mol. The molecule has 1 heteroatoms. The zero-order valence-electron chi connectivity index (χ0n) is 16.8. The SMILES string of the molecule is CCCCCCCC1(c2ccc(-c3ccc(C#N)cc3)cc2)CCCCC1. The van der Waals surface area contributed by atoms with Gasteiger partial charge in [-0.3, -0.25) is 0 Å². The predicted molar refractivity (Wildman–Crippen MR) is 115 cm³/mol. The second-order valence-electron chi connectivity index (χ2n) is 8.27. The van der Waals surface area contributed by atoms with Crippen molar-refractivity contribution in [3.8, 4) is 17.2 Å². The number of rotatable bonds is 8. The largest absolute Gasteiger partial charge is 0.192 e. The van der Waals surface area contributed by atoms with Crippen LogP contribution >= 0.6 is 0 Å². The molecule has 0 heterocycles. The van der Waals surface area contributed by atoms with Gasteiger partial charge in [-0.2, -0.15) is 5.26 Å². The van der Waals surface area contributed by atoms with Gasteiger partial charge in [0.1, 0.15) is 0 Å².